The van der Waals surface area contributed by atoms with E-state index < -0.39 is 27.8 Å². The fourth-order valence-electron chi connectivity index (χ4n) is 6.57. The third-order valence-electron chi connectivity index (χ3n) is 9.78. The van der Waals surface area contributed by atoms with Crippen LogP contribution in [-0.4, -0.2) is 77.0 Å². The first-order chi connectivity index (χ1) is 20.4. The van der Waals surface area contributed by atoms with Gasteiger partial charge >= 0.3 is 0 Å². The maximum atomic E-state index is 14.0. The van der Waals surface area contributed by atoms with Crippen molar-refractivity contribution in [2.45, 2.75) is 63.0 Å². The molecule has 1 aliphatic carbocycles. The molecule has 0 bridgehead atoms. The van der Waals surface area contributed by atoms with Crippen molar-refractivity contribution in [3.05, 3.63) is 41.5 Å². The molecule has 4 aliphatic rings. The Morgan fingerprint density at radius 2 is 1.60 bits per heavy atom. The van der Waals surface area contributed by atoms with Crippen molar-refractivity contribution >= 4 is 44.4 Å². The molecular weight excluding hydrogens is 576 g/mol. The van der Waals surface area contributed by atoms with Crippen LogP contribution in [0, 0.1) is 5.41 Å². The Bertz CT molecular complexity index is 1490. The third-order valence-corrected chi connectivity index (χ3v) is 11.5. The number of fused-ring (bicyclic) bond motifs is 1. The van der Waals surface area contributed by atoms with Gasteiger partial charge in [0.05, 0.1) is 35.0 Å². The average Bonchev–Trinajstić information content (AvgIpc) is 3.63. The lowest BCUT2D eigenvalue weighted by Gasteiger charge is -2.36. The van der Waals surface area contributed by atoms with Crippen LogP contribution < -0.4 is 24.7 Å². The molecule has 0 aromatic heterocycles. The van der Waals surface area contributed by atoms with Crippen LogP contribution in [0.1, 0.15) is 61.4 Å². The molecule has 6 rings (SSSR count). The standard InChI is InChI=1S/C31H41F2N5O4S/c1-21(20-39)43(41,42)35-24-3-4-25(26(19-24)37-13-8-30(6-7-30)9-14-37)34-29(40)23-17-22-5-12-36(2)28(22)27(18-23)38-15-10-31(32,33)11-16-38/h3-4,17-19,21,35,39H,5-16,20H2,1-2H3,(H,34,40)/t21-/m1/s1. The monoisotopic (exact) mass is 617 g/mol. The second-order valence-electron chi connectivity index (χ2n) is 12.8. The fourth-order valence-corrected chi connectivity index (χ4v) is 7.43. The molecule has 1 amide bonds. The minimum Gasteiger partial charge on any atom is -0.395 e. The summed E-state index contributed by atoms with van der Waals surface area (Å²) in [6, 6.07) is 8.79. The number of aliphatic hydroxyl groups excluding tert-OH is 1. The van der Waals surface area contributed by atoms with Gasteiger partial charge in [-0.05, 0) is 80.3 Å². The van der Waals surface area contributed by atoms with Crippen molar-refractivity contribution in [2.75, 3.05) is 71.1 Å². The number of likely N-dealkylation sites (N-methyl/N-ethyl adjacent to an activating group) is 1. The molecule has 0 unspecified atom stereocenters. The number of carbonyl (C=O) groups is 1. The van der Waals surface area contributed by atoms with Crippen molar-refractivity contribution < 1.29 is 27.1 Å². The molecule has 12 heteroatoms. The summed E-state index contributed by atoms with van der Waals surface area (Å²) >= 11 is 0. The first kappa shape index (κ1) is 29.9. The summed E-state index contributed by atoms with van der Waals surface area (Å²) in [6.07, 6.45) is 4.93. The van der Waals surface area contributed by atoms with E-state index in [0.29, 0.717) is 22.4 Å². The minimum absolute atomic E-state index is 0.213. The van der Waals surface area contributed by atoms with Crippen LogP contribution in [0.2, 0.25) is 0 Å². The number of halogens is 2. The molecular formula is C31H41F2N5O4S. The zero-order chi connectivity index (χ0) is 30.6. The molecule has 3 aliphatic heterocycles. The van der Waals surface area contributed by atoms with Crippen molar-refractivity contribution in [3.63, 3.8) is 0 Å². The van der Waals surface area contributed by atoms with Gasteiger partial charge in [-0.3, -0.25) is 9.52 Å². The van der Waals surface area contributed by atoms with Crippen LogP contribution in [0.4, 0.5) is 37.2 Å². The highest BCUT2D eigenvalue weighted by molar-refractivity contribution is 7.93. The van der Waals surface area contributed by atoms with Crippen LogP contribution >= 0.6 is 0 Å². The van der Waals surface area contributed by atoms with Gasteiger partial charge in [-0.15, -0.1) is 0 Å². The van der Waals surface area contributed by atoms with Crippen LogP contribution in [0.3, 0.4) is 0 Å². The largest absolute Gasteiger partial charge is 0.395 e. The summed E-state index contributed by atoms with van der Waals surface area (Å²) in [5.41, 5.74) is 5.41. The number of nitrogens with zero attached hydrogens (tertiary/aromatic N) is 3. The number of nitrogens with one attached hydrogen (secondary N) is 2. The lowest BCUT2D eigenvalue weighted by atomic mass is 9.93. The predicted molar refractivity (Wildman–Crippen MR) is 166 cm³/mol. The van der Waals surface area contributed by atoms with Crippen LogP contribution in [0.5, 0.6) is 0 Å². The van der Waals surface area contributed by atoms with Gasteiger partial charge in [0.2, 0.25) is 10.0 Å². The number of hydrogen-bond donors (Lipinski definition) is 3. The van der Waals surface area contributed by atoms with Crippen molar-refractivity contribution in [3.8, 4) is 0 Å². The molecule has 2 aromatic rings. The lowest BCUT2D eigenvalue weighted by molar-refractivity contribution is -0.0220. The summed E-state index contributed by atoms with van der Waals surface area (Å²) in [4.78, 5) is 20.1. The Morgan fingerprint density at radius 1 is 0.953 bits per heavy atom. The molecule has 3 N–H and O–H groups in total. The van der Waals surface area contributed by atoms with Crippen molar-refractivity contribution in [1.29, 1.82) is 0 Å². The normalized spacial score (nSPS) is 21.5. The first-order valence-electron chi connectivity index (χ1n) is 15.2. The molecule has 234 valence electrons. The third kappa shape index (κ3) is 6.13. The van der Waals surface area contributed by atoms with E-state index in [9.17, 15) is 27.1 Å². The highest BCUT2D eigenvalue weighted by Crippen LogP contribution is 2.54. The molecule has 9 nitrogen and oxygen atoms in total. The van der Waals surface area contributed by atoms with E-state index in [1.54, 1.807) is 18.2 Å². The zero-order valence-corrected chi connectivity index (χ0v) is 25.7. The number of anilines is 5. The van der Waals surface area contributed by atoms with E-state index in [1.165, 1.54) is 19.8 Å². The van der Waals surface area contributed by atoms with E-state index in [1.807, 2.05) is 24.1 Å². The van der Waals surface area contributed by atoms with E-state index in [0.717, 1.165) is 61.5 Å². The van der Waals surface area contributed by atoms with E-state index in [4.69, 9.17) is 0 Å². The highest BCUT2D eigenvalue weighted by atomic mass is 32.2. The molecule has 0 radical (unpaired) electrons. The first-order valence-corrected chi connectivity index (χ1v) is 16.8. The average molecular weight is 618 g/mol. The van der Waals surface area contributed by atoms with Gasteiger partial charge in [0.25, 0.3) is 11.8 Å². The molecule has 3 heterocycles. The molecule has 1 spiro atoms. The Labute approximate surface area is 252 Å². The molecule has 2 saturated heterocycles. The minimum atomic E-state index is -3.79. The van der Waals surface area contributed by atoms with Gasteiger partial charge in [-0.2, -0.15) is 0 Å². The number of carbonyl (C=O) groups excluding carboxylic acids is 1. The van der Waals surface area contributed by atoms with E-state index in [2.05, 4.69) is 19.8 Å². The number of hydrogen-bond acceptors (Lipinski definition) is 7. The summed E-state index contributed by atoms with van der Waals surface area (Å²) < 4.78 is 55.8. The van der Waals surface area contributed by atoms with Crippen LogP contribution in [0.15, 0.2) is 30.3 Å². The molecule has 1 saturated carbocycles. The van der Waals surface area contributed by atoms with Gasteiger partial charge in [-0.1, -0.05) is 0 Å². The maximum Gasteiger partial charge on any atom is 0.255 e. The van der Waals surface area contributed by atoms with Gasteiger partial charge in [0, 0.05) is 58.2 Å². The van der Waals surface area contributed by atoms with Gasteiger partial charge in [0.1, 0.15) is 5.25 Å². The zero-order valence-electron chi connectivity index (χ0n) is 24.8. The second-order valence-corrected chi connectivity index (χ2v) is 14.9. The van der Waals surface area contributed by atoms with Gasteiger partial charge < -0.3 is 25.1 Å². The molecule has 1 atom stereocenters. The second kappa shape index (κ2) is 11.1. The number of rotatable bonds is 8. The fraction of sp³-hybridized carbons (Fsp3) is 0.581. The smallest absolute Gasteiger partial charge is 0.255 e. The van der Waals surface area contributed by atoms with E-state index in [-0.39, 0.29) is 31.8 Å². The topological polar surface area (TPSA) is 105 Å². The van der Waals surface area contributed by atoms with Crippen molar-refractivity contribution in [1.82, 2.24) is 0 Å². The summed E-state index contributed by atoms with van der Waals surface area (Å²) in [7, 11) is -1.81. The number of alkyl halides is 2. The Balaban J connectivity index is 1.29. The number of sulfonamides is 1. The van der Waals surface area contributed by atoms with E-state index >= 15 is 0 Å². The van der Waals surface area contributed by atoms with Crippen molar-refractivity contribution in [2.24, 2.45) is 5.41 Å². The summed E-state index contributed by atoms with van der Waals surface area (Å²) in [5.74, 6) is -2.97. The number of benzene rings is 2. The Morgan fingerprint density at radius 3 is 2.26 bits per heavy atom. The highest BCUT2D eigenvalue weighted by Gasteiger charge is 2.44. The SMILES string of the molecule is C[C@H](CO)S(=O)(=O)Nc1ccc(NC(=O)c2cc3c(c(N4CCC(F)(F)CC4)c2)N(C)CC3)c(N2CCC3(CC2)CC3)c1. The quantitative estimate of drug-likeness (QED) is 0.396. The number of piperidine rings is 2. The number of amides is 1. The molecule has 43 heavy (non-hydrogen) atoms. The molecule has 3 fully saturated rings. The lowest BCUT2D eigenvalue weighted by Crippen LogP contribution is -2.40. The van der Waals surface area contributed by atoms with Crippen LogP contribution in [0.25, 0.3) is 0 Å². The van der Waals surface area contributed by atoms with Gasteiger partial charge in [-0.25, -0.2) is 17.2 Å². The van der Waals surface area contributed by atoms with Gasteiger partial charge in [0.15, 0.2) is 0 Å². The number of aliphatic hydroxyl groups is 1. The summed E-state index contributed by atoms with van der Waals surface area (Å²) in [5, 5.41) is 11.5. The Hall–Kier alpha value is -3.12. The molecule has 2 aromatic carbocycles. The van der Waals surface area contributed by atoms with Crippen LogP contribution in [-0.2, 0) is 16.4 Å². The Kier molecular flexibility index (Phi) is 7.73. The predicted octanol–water partition coefficient (Wildman–Crippen LogP) is 4.67. The summed E-state index contributed by atoms with van der Waals surface area (Å²) in [6.45, 7) is 3.81. The maximum absolute atomic E-state index is 14.0.